The number of amides is 1. The zero-order chi connectivity index (χ0) is 17.7. The van der Waals surface area contributed by atoms with E-state index in [1.165, 1.54) is 0 Å². The van der Waals surface area contributed by atoms with Crippen LogP contribution in [0.3, 0.4) is 0 Å². The average Bonchev–Trinajstić information content (AvgIpc) is 2.51. The van der Waals surface area contributed by atoms with Gasteiger partial charge in [-0.25, -0.2) is 9.34 Å². The van der Waals surface area contributed by atoms with Gasteiger partial charge >= 0.3 is 7.67 Å². The summed E-state index contributed by atoms with van der Waals surface area (Å²) in [5, 5.41) is 0. The molecule has 1 unspecified atom stereocenters. The first-order valence-electron chi connectivity index (χ1n) is 8.30. The second-order valence-electron chi connectivity index (χ2n) is 6.36. The Kier molecular flexibility index (Phi) is 7.68. The van der Waals surface area contributed by atoms with Gasteiger partial charge in [0.2, 0.25) is 0 Å². The van der Waals surface area contributed by atoms with Crippen molar-refractivity contribution in [1.82, 2.24) is 14.2 Å². The molecule has 1 aliphatic heterocycles. The third-order valence-electron chi connectivity index (χ3n) is 3.89. The molecular weight excluding hydrogens is 317 g/mol. The van der Waals surface area contributed by atoms with E-state index in [9.17, 15) is 9.36 Å². The van der Waals surface area contributed by atoms with Crippen molar-refractivity contribution in [2.45, 2.75) is 39.7 Å². The Hall–Kier alpha value is -0.460. The van der Waals surface area contributed by atoms with Gasteiger partial charge in [0.1, 0.15) is 5.60 Å². The van der Waals surface area contributed by atoms with Gasteiger partial charge in [0.05, 0.1) is 6.61 Å². The Morgan fingerprint density at radius 1 is 1.17 bits per heavy atom. The Morgan fingerprint density at radius 2 is 1.74 bits per heavy atom. The minimum absolute atomic E-state index is 0.0202. The summed E-state index contributed by atoms with van der Waals surface area (Å²) in [6, 6.07) is 0. The molecule has 1 atom stereocenters. The van der Waals surface area contributed by atoms with Crippen LogP contribution in [0.5, 0.6) is 0 Å². The van der Waals surface area contributed by atoms with Crippen molar-refractivity contribution in [3.05, 3.63) is 0 Å². The van der Waals surface area contributed by atoms with Gasteiger partial charge in [-0.2, -0.15) is 0 Å². The molecule has 8 heteroatoms. The summed E-state index contributed by atoms with van der Waals surface area (Å²) in [7, 11) is 0.544. The number of carbonyl (C=O) groups is 1. The summed E-state index contributed by atoms with van der Waals surface area (Å²) in [6.45, 7) is 10.6. The molecule has 0 saturated carbocycles. The van der Waals surface area contributed by atoms with Crippen LogP contribution in [0.25, 0.3) is 0 Å². The molecule has 0 aromatic rings. The minimum atomic E-state index is -3.00. The summed E-state index contributed by atoms with van der Waals surface area (Å²) in [4.78, 5) is 14.3. The number of hydrogen-bond acceptors (Lipinski definition) is 4. The van der Waals surface area contributed by atoms with Gasteiger partial charge in [-0.05, 0) is 41.3 Å². The average molecular weight is 349 g/mol. The van der Waals surface area contributed by atoms with Crippen molar-refractivity contribution in [3.8, 4) is 0 Å². The molecule has 1 heterocycles. The lowest BCUT2D eigenvalue weighted by molar-refractivity contribution is -0.155. The van der Waals surface area contributed by atoms with E-state index in [0.29, 0.717) is 39.4 Å². The largest absolute Gasteiger partial charge is 0.366 e. The van der Waals surface area contributed by atoms with Gasteiger partial charge in [-0.3, -0.25) is 9.36 Å². The topological polar surface area (TPSA) is 62.3 Å². The monoisotopic (exact) mass is 349 g/mol. The fourth-order valence-corrected chi connectivity index (χ4v) is 4.62. The predicted molar refractivity (Wildman–Crippen MR) is 91.4 cm³/mol. The lowest BCUT2D eigenvalue weighted by Gasteiger charge is -2.42. The van der Waals surface area contributed by atoms with Gasteiger partial charge in [-0.1, -0.05) is 6.92 Å². The van der Waals surface area contributed by atoms with E-state index in [4.69, 9.17) is 9.26 Å². The number of carbonyl (C=O) groups excluding carboxylic acids is 1. The van der Waals surface area contributed by atoms with Crippen LogP contribution in [0, 0.1) is 0 Å². The van der Waals surface area contributed by atoms with Crippen LogP contribution >= 0.6 is 7.67 Å². The zero-order valence-corrected chi connectivity index (χ0v) is 16.3. The molecule has 1 fully saturated rings. The quantitative estimate of drug-likeness (QED) is 0.625. The molecule has 1 aliphatic rings. The normalized spacial score (nSPS) is 19.9. The van der Waals surface area contributed by atoms with Crippen LogP contribution in [-0.2, 0) is 18.6 Å². The summed E-state index contributed by atoms with van der Waals surface area (Å²) in [6.07, 6.45) is 0.818. The van der Waals surface area contributed by atoms with Crippen LogP contribution in [-0.4, -0.2) is 79.2 Å². The third kappa shape index (κ3) is 5.00. The summed E-state index contributed by atoms with van der Waals surface area (Å²) < 4.78 is 27.8. The maximum atomic E-state index is 13.1. The lowest BCUT2D eigenvalue weighted by Crippen LogP contribution is -2.54. The SMILES string of the molecule is CCCOP(=O)(N(C)C)N1CCN(C(=O)C(C)(C)OCC)CC1. The summed E-state index contributed by atoms with van der Waals surface area (Å²) in [5.41, 5.74) is -0.819. The minimum Gasteiger partial charge on any atom is -0.366 e. The first-order chi connectivity index (χ1) is 10.7. The number of ether oxygens (including phenoxy) is 1. The highest BCUT2D eigenvalue weighted by molar-refractivity contribution is 7.53. The molecule has 23 heavy (non-hydrogen) atoms. The number of hydrogen-bond donors (Lipinski definition) is 0. The van der Waals surface area contributed by atoms with E-state index in [2.05, 4.69) is 0 Å². The van der Waals surface area contributed by atoms with E-state index in [1.807, 2.05) is 18.5 Å². The van der Waals surface area contributed by atoms with Gasteiger partial charge in [0.25, 0.3) is 5.91 Å². The molecule has 7 nitrogen and oxygen atoms in total. The van der Waals surface area contributed by atoms with Crippen molar-refractivity contribution in [1.29, 1.82) is 0 Å². The highest BCUT2D eigenvalue weighted by Crippen LogP contribution is 2.52. The lowest BCUT2D eigenvalue weighted by atomic mass is 10.1. The number of piperazine rings is 1. The first-order valence-corrected chi connectivity index (χ1v) is 9.83. The standard InChI is InChI=1S/C15H32N3O4P/c1-7-13-22-23(20,16(5)6)18-11-9-17(10-12-18)14(19)15(3,4)21-8-2/h7-13H2,1-6H3. The molecule has 1 amide bonds. The fourth-order valence-electron chi connectivity index (χ4n) is 2.62. The van der Waals surface area contributed by atoms with Crippen LogP contribution in [0.4, 0.5) is 0 Å². The molecule has 0 aromatic heterocycles. The predicted octanol–water partition coefficient (Wildman–Crippen LogP) is 2.04. The van der Waals surface area contributed by atoms with E-state index < -0.39 is 13.3 Å². The zero-order valence-electron chi connectivity index (χ0n) is 15.4. The maximum absolute atomic E-state index is 13.1. The smallest absolute Gasteiger partial charge is 0.345 e. The summed E-state index contributed by atoms with van der Waals surface area (Å²) >= 11 is 0. The molecule has 0 aliphatic carbocycles. The number of nitrogens with zero attached hydrogens (tertiary/aromatic N) is 3. The first kappa shape index (κ1) is 20.6. The Bertz CT molecular complexity index is 434. The van der Waals surface area contributed by atoms with Gasteiger partial charge < -0.3 is 14.2 Å². The highest BCUT2D eigenvalue weighted by Gasteiger charge is 2.40. The van der Waals surface area contributed by atoms with Crippen molar-refractivity contribution < 1.29 is 18.6 Å². The molecule has 1 rings (SSSR count). The molecule has 0 N–H and O–H groups in total. The molecular formula is C15H32N3O4P. The molecule has 0 bridgehead atoms. The van der Waals surface area contributed by atoms with E-state index in [1.54, 1.807) is 37.5 Å². The second-order valence-corrected chi connectivity index (χ2v) is 8.97. The molecule has 0 radical (unpaired) electrons. The van der Waals surface area contributed by atoms with Crippen LogP contribution < -0.4 is 0 Å². The fraction of sp³-hybridized carbons (Fsp3) is 0.933. The molecule has 0 aromatic carbocycles. The Balaban J connectivity index is 2.70. The van der Waals surface area contributed by atoms with Crippen molar-refractivity contribution >= 4 is 13.6 Å². The second kappa shape index (κ2) is 8.58. The van der Waals surface area contributed by atoms with E-state index >= 15 is 0 Å². The molecule has 136 valence electrons. The third-order valence-corrected chi connectivity index (χ3v) is 6.53. The van der Waals surface area contributed by atoms with Crippen LogP contribution in [0.2, 0.25) is 0 Å². The van der Waals surface area contributed by atoms with Crippen LogP contribution in [0.1, 0.15) is 34.1 Å². The van der Waals surface area contributed by atoms with Crippen molar-refractivity contribution in [3.63, 3.8) is 0 Å². The van der Waals surface area contributed by atoms with E-state index in [-0.39, 0.29) is 5.91 Å². The van der Waals surface area contributed by atoms with Gasteiger partial charge in [0, 0.05) is 32.8 Å². The molecule has 1 saturated heterocycles. The van der Waals surface area contributed by atoms with Crippen molar-refractivity contribution in [2.75, 3.05) is 53.5 Å². The van der Waals surface area contributed by atoms with Crippen LogP contribution in [0.15, 0.2) is 0 Å². The summed E-state index contributed by atoms with van der Waals surface area (Å²) in [5.74, 6) is -0.0202. The molecule has 0 spiro atoms. The number of rotatable bonds is 8. The van der Waals surface area contributed by atoms with Gasteiger partial charge in [0.15, 0.2) is 0 Å². The highest BCUT2D eigenvalue weighted by atomic mass is 31.2. The van der Waals surface area contributed by atoms with E-state index in [0.717, 1.165) is 6.42 Å². The maximum Gasteiger partial charge on any atom is 0.345 e. The van der Waals surface area contributed by atoms with Gasteiger partial charge in [-0.15, -0.1) is 0 Å². The Labute approximate surface area is 140 Å². The van der Waals surface area contributed by atoms with Crippen molar-refractivity contribution in [2.24, 2.45) is 0 Å². The Morgan fingerprint density at radius 3 is 2.17 bits per heavy atom.